The van der Waals surface area contributed by atoms with Gasteiger partial charge in [-0.2, -0.15) is 18.3 Å². The minimum atomic E-state index is -4.56. The number of amides is 3. The summed E-state index contributed by atoms with van der Waals surface area (Å²) in [6.07, 6.45) is 0.761. The summed E-state index contributed by atoms with van der Waals surface area (Å²) in [6, 6.07) is 3.05. The van der Waals surface area contributed by atoms with Crippen molar-refractivity contribution in [3.05, 3.63) is 47.0 Å². The van der Waals surface area contributed by atoms with Gasteiger partial charge in [0.25, 0.3) is 5.91 Å². The first-order chi connectivity index (χ1) is 17.9. The van der Waals surface area contributed by atoms with Crippen molar-refractivity contribution in [3.8, 4) is 0 Å². The Balaban J connectivity index is 1.52. The number of anilines is 1. The van der Waals surface area contributed by atoms with Crippen LogP contribution in [0.15, 0.2) is 24.4 Å². The van der Waals surface area contributed by atoms with E-state index in [4.69, 9.17) is 0 Å². The van der Waals surface area contributed by atoms with Crippen molar-refractivity contribution >= 4 is 23.4 Å². The summed E-state index contributed by atoms with van der Waals surface area (Å²) in [5, 5.41) is 11.3. The normalized spacial score (nSPS) is 17.2. The lowest BCUT2D eigenvalue weighted by molar-refractivity contribution is -0.139. The van der Waals surface area contributed by atoms with Gasteiger partial charge >= 0.3 is 6.18 Å². The summed E-state index contributed by atoms with van der Waals surface area (Å²) in [5.74, 6) is -3.25. The van der Waals surface area contributed by atoms with Crippen LogP contribution in [0.25, 0.3) is 0 Å². The Morgan fingerprint density at radius 3 is 2.26 bits per heavy atom. The molecular formula is C26H31F4N5O3. The maximum Gasteiger partial charge on any atom is 0.405 e. The lowest BCUT2D eigenvalue weighted by Gasteiger charge is -2.28. The molecule has 0 saturated heterocycles. The van der Waals surface area contributed by atoms with Crippen LogP contribution in [0.5, 0.6) is 0 Å². The largest absolute Gasteiger partial charge is 0.405 e. The molecule has 2 aromatic rings. The van der Waals surface area contributed by atoms with Gasteiger partial charge in [-0.05, 0) is 86.6 Å². The third-order valence-electron chi connectivity index (χ3n) is 7.28. The van der Waals surface area contributed by atoms with Crippen molar-refractivity contribution < 1.29 is 31.9 Å². The number of rotatable bonds is 10. The third-order valence-corrected chi connectivity index (χ3v) is 7.28. The summed E-state index contributed by atoms with van der Waals surface area (Å²) in [4.78, 5) is 38.7. The van der Waals surface area contributed by atoms with E-state index in [0.29, 0.717) is 17.4 Å². The van der Waals surface area contributed by atoms with Gasteiger partial charge in [-0.3, -0.25) is 19.1 Å². The molecular weight excluding hydrogens is 506 g/mol. The van der Waals surface area contributed by atoms with Gasteiger partial charge in [0.1, 0.15) is 24.1 Å². The van der Waals surface area contributed by atoms with Crippen LogP contribution in [0.3, 0.4) is 0 Å². The number of benzene rings is 1. The molecule has 2 aliphatic carbocycles. The summed E-state index contributed by atoms with van der Waals surface area (Å²) in [6.45, 7) is 1.48. The zero-order valence-corrected chi connectivity index (χ0v) is 21.4. The summed E-state index contributed by atoms with van der Waals surface area (Å²) >= 11 is 0. The molecule has 0 bridgehead atoms. The first kappa shape index (κ1) is 27.6. The fraction of sp³-hybridized carbons (Fsp3) is 0.538. The van der Waals surface area contributed by atoms with Gasteiger partial charge in [0.2, 0.25) is 11.8 Å². The second-order valence-corrected chi connectivity index (χ2v) is 10.3. The second kappa shape index (κ2) is 10.7. The molecule has 4 rings (SSSR count). The van der Waals surface area contributed by atoms with Crippen molar-refractivity contribution in [1.29, 1.82) is 0 Å². The molecule has 2 atom stereocenters. The molecule has 0 aliphatic heterocycles. The predicted octanol–water partition coefficient (Wildman–Crippen LogP) is 3.82. The fourth-order valence-electron chi connectivity index (χ4n) is 4.99. The van der Waals surface area contributed by atoms with Crippen LogP contribution in [-0.4, -0.2) is 46.3 Å². The first-order valence-electron chi connectivity index (χ1n) is 12.6. The van der Waals surface area contributed by atoms with E-state index in [1.807, 2.05) is 0 Å². The van der Waals surface area contributed by atoms with Crippen LogP contribution in [0.2, 0.25) is 0 Å². The van der Waals surface area contributed by atoms with Gasteiger partial charge in [-0.15, -0.1) is 0 Å². The average molecular weight is 538 g/mol. The highest BCUT2D eigenvalue weighted by atomic mass is 19.4. The molecule has 1 aromatic carbocycles. The van der Waals surface area contributed by atoms with Crippen LogP contribution < -0.4 is 16.0 Å². The van der Waals surface area contributed by atoms with Crippen LogP contribution in [0, 0.1) is 30.5 Å². The van der Waals surface area contributed by atoms with Crippen molar-refractivity contribution in [2.75, 3.05) is 11.9 Å². The van der Waals surface area contributed by atoms with Crippen molar-refractivity contribution in [1.82, 2.24) is 20.4 Å². The second-order valence-electron chi connectivity index (χ2n) is 10.3. The van der Waals surface area contributed by atoms with Crippen LogP contribution in [-0.2, 0) is 16.6 Å². The highest BCUT2D eigenvalue weighted by molar-refractivity contribution is 6.01. The third kappa shape index (κ3) is 6.51. The molecule has 1 unspecified atom stereocenters. The molecule has 2 saturated carbocycles. The van der Waals surface area contributed by atoms with Crippen molar-refractivity contribution in [2.24, 2.45) is 24.8 Å². The standard InChI is InChI=1S/C26H31F4N5O3/c1-13-10-19(18(27)11-17(13)14(2)23(36)31-12-26(28,29)30)33-25(38)22(21(15-4-5-15)16-6-7-16)34-24(37)20-8-9-32-35(20)3/h8-11,14-16,21-22H,4-7,12H2,1-3H3,(H,31,36)(H,33,38)(H,34,37)/t14?,22-/m0/s1. The molecule has 2 aliphatic rings. The number of nitrogens with one attached hydrogen (secondary N) is 3. The highest BCUT2D eigenvalue weighted by Gasteiger charge is 2.48. The van der Waals surface area contributed by atoms with E-state index in [-0.39, 0.29) is 22.9 Å². The Hall–Kier alpha value is -3.44. The number of carbonyl (C=O) groups excluding carboxylic acids is 3. The smallest absolute Gasteiger partial charge is 0.346 e. The fourth-order valence-corrected chi connectivity index (χ4v) is 4.99. The Bertz CT molecular complexity index is 1210. The Morgan fingerprint density at radius 1 is 1.11 bits per heavy atom. The number of alkyl halides is 3. The monoisotopic (exact) mass is 537 g/mol. The molecule has 3 N–H and O–H groups in total. The van der Waals surface area contributed by atoms with Gasteiger partial charge < -0.3 is 16.0 Å². The zero-order valence-electron chi connectivity index (χ0n) is 21.4. The number of aryl methyl sites for hydroxylation is 2. The molecule has 1 heterocycles. The molecule has 1 aromatic heterocycles. The predicted molar refractivity (Wildman–Crippen MR) is 131 cm³/mol. The number of carbonyl (C=O) groups is 3. The first-order valence-corrected chi connectivity index (χ1v) is 12.6. The minimum absolute atomic E-state index is 0.0760. The maximum absolute atomic E-state index is 15.1. The molecule has 206 valence electrons. The van der Waals surface area contributed by atoms with Crippen molar-refractivity contribution in [3.63, 3.8) is 0 Å². The summed E-state index contributed by atoms with van der Waals surface area (Å²) in [5.41, 5.74) is 0.782. The number of hydrogen-bond acceptors (Lipinski definition) is 4. The lowest BCUT2D eigenvalue weighted by atomic mass is 9.88. The van der Waals surface area contributed by atoms with Gasteiger partial charge in [0.05, 0.1) is 11.6 Å². The van der Waals surface area contributed by atoms with Gasteiger partial charge in [-0.25, -0.2) is 4.39 Å². The van der Waals surface area contributed by atoms with Crippen LogP contribution in [0.4, 0.5) is 23.2 Å². The van der Waals surface area contributed by atoms with E-state index in [2.05, 4.69) is 15.7 Å². The van der Waals surface area contributed by atoms with E-state index in [1.165, 1.54) is 23.9 Å². The van der Waals surface area contributed by atoms with E-state index >= 15 is 4.39 Å². The van der Waals surface area contributed by atoms with Crippen LogP contribution >= 0.6 is 0 Å². The Morgan fingerprint density at radius 2 is 1.74 bits per heavy atom. The molecule has 3 amide bonds. The quantitative estimate of drug-likeness (QED) is 0.401. The molecule has 12 heteroatoms. The number of hydrogen-bond donors (Lipinski definition) is 3. The lowest BCUT2D eigenvalue weighted by Crippen LogP contribution is -2.50. The molecule has 2 fully saturated rings. The van der Waals surface area contributed by atoms with Crippen molar-refractivity contribution in [2.45, 2.75) is 57.7 Å². The number of nitrogens with zero attached hydrogens (tertiary/aromatic N) is 2. The highest BCUT2D eigenvalue weighted by Crippen LogP contribution is 2.51. The molecule has 38 heavy (non-hydrogen) atoms. The SMILES string of the molecule is Cc1cc(NC(=O)[C@@H](NC(=O)c2ccnn2C)C(C2CC2)C2CC2)c(F)cc1C(C)C(=O)NCC(F)(F)F. The topological polar surface area (TPSA) is 105 Å². The van der Waals surface area contributed by atoms with E-state index < -0.39 is 48.2 Å². The summed E-state index contributed by atoms with van der Waals surface area (Å²) < 4.78 is 53.9. The average Bonchev–Trinajstić information content (AvgIpc) is 3.78. The van der Waals surface area contributed by atoms with E-state index in [0.717, 1.165) is 31.7 Å². The van der Waals surface area contributed by atoms with Gasteiger partial charge in [-0.1, -0.05) is 0 Å². The van der Waals surface area contributed by atoms with E-state index in [1.54, 1.807) is 25.4 Å². The summed E-state index contributed by atoms with van der Waals surface area (Å²) in [7, 11) is 1.62. The van der Waals surface area contributed by atoms with Crippen LogP contribution in [0.1, 0.15) is 60.1 Å². The number of halogens is 4. The minimum Gasteiger partial charge on any atom is -0.346 e. The van der Waals surface area contributed by atoms with E-state index in [9.17, 15) is 27.6 Å². The molecule has 0 radical (unpaired) electrons. The molecule has 8 nitrogen and oxygen atoms in total. The Labute approximate surface area is 217 Å². The Kier molecular flexibility index (Phi) is 7.80. The zero-order chi connectivity index (χ0) is 27.8. The number of aromatic nitrogens is 2. The van der Waals surface area contributed by atoms with Gasteiger partial charge in [0.15, 0.2) is 0 Å². The maximum atomic E-state index is 15.1. The molecule has 0 spiro atoms. The van der Waals surface area contributed by atoms with Gasteiger partial charge in [0, 0.05) is 13.2 Å².